The average molecular weight is 395 g/mol. The average Bonchev–Trinajstić information content (AvgIpc) is 3.26. The predicted molar refractivity (Wildman–Crippen MR) is 108 cm³/mol. The molecule has 3 aromatic rings. The van der Waals surface area contributed by atoms with Gasteiger partial charge in [0.1, 0.15) is 0 Å². The van der Waals surface area contributed by atoms with Crippen molar-refractivity contribution < 1.29 is 19.4 Å². The maximum absolute atomic E-state index is 12.8. The van der Waals surface area contributed by atoms with E-state index in [1.54, 1.807) is 72.0 Å². The van der Waals surface area contributed by atoms with E-state index in [1.807, 2.05) is 17.5 Å². The standard InChI is InChI=1S/C22H21NO4S/c24-20(23-14-13-19-12-7-15-28-19)16-27-21(25)22(26,17-8-3-1-4-9-17)18-10-5-2-6-11-18/h1-12,15,26H,13-14,16H2,(H,23,24). The second kappa shape index (κ2) is 9.30. The van der Waals surface area contributed by atoms with Gasteiger partial charge in [-0.05, 0) is 29.0 Å². The molecule has 1 aromatic heterocycles. The molecule has 0 radical (unpaired) electrons. The Labute approximate surface area is 167 Å². The van der Waals surface area contributed by atoms with Crippen LogP contribution in [0.5, 0.6) is 0 Å². The third-order valence-electron chi connectivity index (χ3n) is 4.29. The number of hydrogen-bond donors (Lipinski definition) is 2. The maximum atomic E-state index is 12.8. The first-order chi connectivity index (χ1) is 13.6. The summed E-state index contributed by atoms with van der Waals surface area (Å²) in [7, 11) is 0. The SMILES string of the molecule is O=C(COC(=O)C(O)(c1ccccc1)c1ccccc1)NCCc1cccs1. The fourth-order valence-electron chi connectivity index (χ4n) is 2.83. The lowest BCUT2D eigenvalue weighted by Gasteiger charge is -2.26. The zero-order valence-corrected chi connectivity index (χ0v) is 16.0. The smallest absolute Gasteiger partial charge is 0.348 e. The molecule has 0 spiro atoms. The van der Waals surface area contributed by atoms with E-state index >= 15 is 0 Å². The summed E-state index contributed by atoms with van der Waals surface area (Å²) in [5.74, 6) is -1.30. The minimum absolute atomic E-state index is 0.379. The number of hydrogen-bond acceptors (Lipinski definition) is 5. The molecule has 0 atom stereocenters. The van der Waals surface area contributed by atoms with Crippen molar-refractivity contribution in [2.24, 2.45) is 0 Å². The van der Waals surface area contributed by atoms with E-state index in [9.17, 15) is 14.7 Å². The van der Waals surface area contributed by atoms with Crippen molar-refractivity contribution >= 4 is 23.2 Å². The van der Waals surface area contributed by atoms with Gasteiger partial charge in [-0.2, -0.15) is 0 Å². The summed E-state index contributed by atoms with van der Waals surface area (Å²) in [6.45, 7) is 0.00376. The molecule has 0 saturated carbocycles. The Balaban J connectivity index is 1.64. The van der Waals surface area contributed by atoms with Gasteiger partial charge in [0, 0.05) is 11.4 Å². The molecule has 1 heterocycles. The highest BCUT2D eigenvalue weighted by Gasteiger charge is 2.41. The molecule has 0 bridgehead atoms. The Morgan fingerprint density at radius 2 is 1.54 bits per heavy atom. The number of rotatable bonds is 8. The summed E-state index contributed by atoms with van der Waals surface area (Å²) in [6, 6.07) is 21.1. The molecule has 2 N–H and O–H groups in total. The summed E-state index contributed by atoms with van der Waals surface area (Å²) in [5, 5.41) is 15.9. The Hall–Kier alpha value is -2.96. The third-order valence-corrected chi connectivity index (χ3v) is 5.22. The maximum Gasteiger partial charge on any atom is 0.348 e. The van der Waals surface area contributed by atoms with Gasteiger partial charge in [0.15, 0.2) is 6.61 Å². The molecule has 5 nitrogen and oxygen atoms in total. The van der Waals surface area contributed by atoms with Crippen molar-refractivity contribution in [1.29, 1.82) is 0 Å². The first-order valence-electron chi connectivity index (χ1n) is 8.90. The highest BCUT2D eigenvalue weighted by atomic mass is 32.1. The van der Waals surface area contributed by atoms with E-state index < -0.39 is 24.1 Å². The molecule has 0 unspecified atom stereocenters. The van der Waals surface area contributed by atoms with Crippen LogP contribution < -0.4 is 5.32 Å². The van der Waals surface area contributed by atoms with Crippen LogP contribution in [0.1, 0.15) is 16.0 Å². The van der Waals surface area contributed by atoms with E-state index in [4.69, 9.17) is 4.74 Å². The van der Waals surface area contributed by atoms with Crippen LogP contribution in [0.3, 0.4) is 0 Å². The van der Waals surface area contributed by atoms with Crippen molar-refractivity contribution in [2.75, 3.05) is 13.2 Å². The number of nitrogens with one attached hydrogen (secondary N) is 1. The Morgan fingerprint density at radius 1 is 0.929 bits per heavy atom. The van der Waals surface area contributed by atoms with E-state index in [0.717, 1.165) is 6.42 Å². The number of carbonyl (C=O) groups excluding carboxylic acids is 2. The predicted octanol–water partition coefficient (Wildman–Crippen LogP) is 2.89. The van der Waals surface area contributed by atoms with Crippen LogP contribution in [0.15, 0.2) is 78.2 Å². The molecule has 0 aliphatic heterocycles. The highest BCUT2D eigenvalue weighted by Crippen LogP contribution is 2.30. The molecule has 28 heavy (non-hydrogen) atoms. The molecule has 3 rings (SSSR count). The first kappa shape index (κ1) is 19.8. The molecule has 6 heteroatoms. The zero-order valence-electron chi connectivity index (χ0n) is 15.2. The number of aliphatic hydroxyl groups is 1. The van der Waals surface area contributed by atoms with Gasteiger partial charge in [-0.3, -0.25) is 4.79 Å². The summed E-state index contributed by atoms with van der Waals surface area (Å²) >= 11 is 1.62. The molecule has 0 aliphatic carbocycles. The molecule has 144 valence electrons. The summed E-state index contributed by atoms with van der Waals surface area (Å²) in [5.41, 5.74) is -1.23. The van der Waals surface area contributed by atoms with Crippen molar-refractivity contribution in [2.45, 2.75) is 12.0 Å². The van der Waals surface area contributed by atoms with Gasteiger partial charge in [-0.25, -0.2) is 4.79 Å². The first-order valence-corrected chi connectivity index (χ1v) is 9.78. The quantitative estimate of drug-likeness (QED) is 0.575. The van der Waals surface area contributed by atoms with Crippen LogP contribution in [0, 0.1) is 0 Å². The van der Waals surface area contributed by atoms with Crippen LogP contribution >= 0.6 is 11.3 Å². The van der Waals surface area contributed by atoms with Crippen LogP contribution in [0.2, 0.25) is 0 Å². The molecular weight excluding hydrogens is 374 g/mol. The Kier molecular flexibility index (Phi) is 6.57. The van der Waals surface area contributed by atoms with Gasteiger partial charge in [-0.1, -0.05) is 66.7 Å². The van der Waals surface area contributed by atoms with Gasteiger partial charge >= 0.3 is 5.97 Å². The lowest BCUT2D eigenvalue weighted by Crippen LogP contribution is -2.40. The van der Waals surface area contributed by atoms with Gasteiger partial charge < -0.3 is 15.2 Å². The van der Waals surface area contributed by atoms with Crippen LogP contribution in [0.25, 0.3) is 0 Å². The molecular formula is C22H21NO4S. The van der Waals surface area contributed by atoms with Crippen LogP contribution in [0.4, 0.5) is 0 Å². The van der Waals surface area contributed by atoms with Crippen LogP contribution in [-0.4, -0.2) is 30.1 Å². The lowest BCUT2D eigenvalue weighted by molar-refractivity contribution is -0.164. The fourth-order valence-corrected chi connectivity index (χ4v) is 3.54. The highest BCUT2D eigenvalue weighted by molar-refractivity contribution is 7.09. The third kappa shape index (κ3) is 4.65. The van der Waals surface area contributed by atoms with Gasteiger partial charge in [0.2, 0.25) is 5.60 Å². The Morgan fingerprint density at radius 3 is 2.07 bits per heavy atom. The monoisotopic (exact) mass is 395 g/mol. The van der Waals surface area contributed by atoms with E-state index in [0.29, 0.717) is 17.7 Å². The minimum Gasteiger partial charge on any atom is -0.453 e. The fraction of sp³-hybridized carbons (Fsp3) is 0.182. The zero-order chi connectivity index (χ0) is 19.8. The normalized spacial score (nSPS) is 11.0. The van der Waals surface area contributed by atoms with Gasteiger partial charge in [0.05, 0.1) is 0 Å². The van der Waals surface area contributed by atoms with Crippen molar-refractivity contribution in [3.63, 3.8) is 0 Å². The van der Waals surface area contributed by atoms with Gasteiger partial charge in [0.25, 0.3) is 5.91 Å². The van der Waals surface area contributed by atoms with E-state index in [-0.39, 0.29) is 0 Å². The number of carbonyl (C=O) groups is 2. The molecule has 0 fully saturated rings. The van der Waals surface area contributed by atoms with Crippen LogP contribution in [-0.2, 0) is 26.3 Å². The van der Waals surface area contributed by atoms with E-state index in [2.05, 4.69) is 5.32 Å². The number of amides is 1. The number of benzene rings is 2. The molecule has 0 saturated heterocycles. The minimum atomic E-state index is -1.99. The number of thiophene rings is 1. The molecule has 2 aromatic carbocycles. The summed E-state index contributed by atoms with van der Waals surface area (Å²) in [6.07, 6.45) is 0.718. The summed E-state index contributed by atoms with van der Waals surface area (Å²) in [4.78, 5) is 26.0. The van der Waals surface area contributed by atoms with Crippen molar-refractivity contribution in [1.82, 2.24) is 5.32 Å². The number of esters is 1. The molecule has 0 aliphatic rings. The Bertz CT molecular complexity index is 855. The lowest BCUT2D eigenvalue weighted by atomic mass is 9.86. The number of ether oxygens (including phenoxy) is 1. The summed E-state index contributed by atoms with van der Waals surface area (Å²) < 4.78 is 5.17. The van der Waals surface area contributed by atoms with Crippen molar-refractivity contribution in [3.8, 4) is 0 Å². The topological polar surface area (TPSA) is 75.6 Å². The van der Waals surface area contributed by atoms with E-state index in [1.165, 1.54) is 4.88 Å². The van der Waals surface area contributed by atoms with Gasteiger partial charge in [-0.15, -0.1) is 11.3 Å². The van der Waals surface area contributed by atoms with Crippen molar-refractivity contribution in [3.05, 3.63) is 94.2 Å². The second-order valence-electron chi connectivity index (χ2n) is 6.20. The largest absolute Gasteiger partial charge is 0.453 e. The second-order valence-corrected chi connectivity index (χ2v) is 7.23. The molecule has 1 amide bonds.